The number of piperidine rings is 1. The zero-order valence-corrected chi connectivity index (χ0v) is 20.0. The zero-order valence-electron chi connectivity index (χ0n) is 19.1. The molecule has 1 aliphatic rings. The topological polar surface area (TPSA) is 69.7 Å². The number of nitrogens with zero attached hydrogens (tertiary/aromatic N) is 2. The fourth-order valence-corrected chi connectivity index (χ4v) is 5.30. The molecule has 1 saturated heterocycles. The number of hydrogen-bond donors (Lipinski definition) is 1. The molecule has 2 aromatic carbocycles. The third-order valence-electron chi connectivity index (χ3n) is 5.78. The molecule has 34 heavy (non-hydrogen) atoms. The molecule has 0 aromatic heterocycles. The van der Waals surface area contributed by atoms with E-state index in [1.54, 1.807) is 19.1 Å². The minimum absolute atomic E-state index is 0.103. The lowest BCUT2D eigenvalue weighted by molar-refractivity contribution is -0.137. The Balaban J connectivity index is 1.76. The SMILES string of the molecule is Cc1ccc(S(=O)(=O)N(CC(=O)NCCCN2CCCCC2)c2cccc(C(F)(F)F)c2)cc1. The Hall–Kier alpha value is -2.59. The predicted molar refractivity (Wildman–Crippen MR) is 125 cm³/mol. The minimum Gasteiger partial charge on any atom is -0.354 e. The molecule has 1 heterocycles. The van der Waals surface area contributed by atoms with Crippen LogP contribution in [0, 0.1) is 6.92 Å². The number of aryl methyl sites for hydroxylation is 1. The molecule has 10 heteroatoms. The second-order valence-electron chi connectivity index (χ2n) is 8.48. The van der Waals surface area contributed by atoms with Crippen molar-refractivity contribution in [2.24, 2.45) is 0 Å². The minimum atomic E-state index is -4.65. The Morgan fingerprint density at radius 2 is 1.74 bits per heavy atom. The highest BCUT2D eigenvalue weighted by molar-refractivity contribution is 7.92. The molecule has 0 aliphatic carbocycles. The molecular formula is C24H30F3N3O3S. The van der Waals surface area contributed by atoms with Crippen LogP contribution in [0.15, 0.2) is 53.4 Å². The Morgan fingerprint density at radius 3 is 2.38 bits per heavy atom. The van der Waals surface area contributed by atoms with Crippen LogP contribution >= 0.6 is 0 Å². The maximum atomic E-state index is 13.3. The third kappa shape index (κ3) is 6.96. The first-order valence-electron chi connectivity index (χ1n) is 11.3. The van der Waals surface area contributed by atoms with Crippen molar-refractivity contribution >= 4 is 21.6 Å². The summed E-state index contributed by atoms with van der Waals surface area (Å²) in [5.74, 6) is -0.577. The van der Waals surface area contributed by atoms with Crippen molar-refractivity contribution in [3.63, 3.8) is 0 Å². The number of nitrogens with one attached hydrogen (secondary N) is 1. The standard InChI is InChI=1S/C24H30F3N3O3S/c1-19-9-11-22(12-10-19)34(32,33)30(21-8-5-7-20(17-21)24(25,26)27)18-23(31)28-13-6-16-29-14-3-2-4-15-29/h5,7-12,17H,2-4,6,13-16,18H2,1H3,(H,28,31). The molecule has 0 radical (unpaired) electrons. The number of sulfonamides is 1. The lowest BCUT2D eigenvalue weighted by Crippen LogP contribution is -2.41. The lowest BCUT2D eigenvalue weighted by atomic mass is 10.1. The third-order valence-corrected chi connectivity index (χ3v) is 7.57. The summed E-state index contributed by atoms with van der Waals surface area (Å²) in [7, 11) is -4.28. The van der Waals surface area contributed by atoms with Crippen molar-refractivity contribution in [1.29, 1.82) is 0 Å². The fourth-order valence-electron chi connectivity index (χ4n) is 3.89. The summed E-state index contributed by atoms with van der Waals surface area (Å²) < 4.78 is 67.2. The number of benzene rings is 2. The average Bonchev–Trinajstić information content (AvgIpc) is 2.81. The van der Waals surface area contributed by atoms with Gasteiger partial charge in [-0.05, 0) is 76.2 Å². The molecule has 3 rings (SSSR count). The van der Waals surface area contributed by atoms with Gasteiger partial charge < -0.3 is 10.2 Å². The van der Waals surface area contributed by atoms with E-state index in [1.807, 2.05) is 0 Å². The van der Waals surface area contributed by atoms with Gasteiger partial charge in [0.1, 0.15) is 6.54 Å². The lowest BCUT2D eigenvalue weighted by Gasteiger charge is -2.26. The molecule has 0 saturated carbocycles. The van der Waals surface area contributed by atoms with Crippen molar-refractivity contribution in [2.75, 3.05) is 37.0 Å². The number of halogens is 3. The number of carbonyl (C=O) groups is 1. The zero-order chi connectivity index (χ0) is 24.8. The largest absolute Gasteiger partial charge is 0.416 e. The van der Waals surface area contributed by atoms with Gasteiger partial charge in [0.2, 0.25) is 5.91 Å². The molecular weight excluding hydrogens is 467 g/mol. The molecule has 0 atom stereocenters. The number of hydrogen-bond acceptors (Lipinski definition) is 4. The maximum Gasteiger partial charge on any atom is 0.416 e. The fraction of sp³-hybridized carbons (Fsp3) is 0.458. The predicted octanol–water partition coefficient (Wildman–Crippen LogP) is 4.20. The maximum absolute atomic E-state index is 13.3. The first-order valence-corrected chi connectivity index (χ1v) is 12.8. The summed E-state index contributed by atoms with van der Waals surface area (Å²) in [4.78, 5) is 14.9. The van der Waals surface area contributed by atoms with Crippen LogP contribution in [-0.4, -0.2) is 51.9 Å². The highest BCUT2D eigenvalue weighted by Crippen LogP contribution is 2.33. The van der Waals surface area contributed by atoms with Crippen LogP contribution in [0.1, 0.15) is 36.8 Å². The summed E-state index contributed by atoms with van der Waals surface area (Å²) in [6.45, 7) is 4.42. The van der Waals surface area contributed by atoms with Crippen molar-refractivity contribution in [3.05, 3.63) is 59.7 Å². The molecule has 1 fully saturated rings. The number of anilines is 1. The Kier molecular flexibility index (Phi) is 8.59. The van der Waals surface area contributed by atoms with E-state index in [0.717, 1.165) is 60.5 Å². The summed E-state index contributed by atoms with van der Waals surface area (Å²) in [6.07, 6.45) is -0.384. The van der Waals surface area contributed by atoms with Crippen molar-refractivity contribution in [2.45, 2.75) is 43.7 Å². The van der Waals surface area contributed by atoms with E-state index in [2.05, 4.69) is 10.2 Å². The van der Waals surface area contributed by atoms with Gasteiger partial charge in [0.05, 0.1) is 16.1 Å². The molecule has 0 bridgehead atoms. The number of rotatable bonds is 9. The quantitative estimate of drug-likeness (QED) is 0.528. The molecule has 6 nitrogen and oxygen atoms in total. The van der Waals surface area contributed by atoms with Gasteiger partial charge in [-0.3, -0.25) is 9.10 Å². The van der Waals surface area contributed by atoms with Crippen LogP contribution in [0.2, 0.25) is 0 Å². The summed E-state index contributed by atoms with van der Waals surface area (Å²) in [6, 6.07) is 9.94. The first-order chi connectivity index (χ1) is 16.1. The first kappa shape index (κ1) is 26.0. The van der Waals surface area contributed by atoms with Crippen molar-refractivity contribution < 1.29 is 26.4 Å². The van der Waals surface area contributed by atoms with Crippen molar-refractivity contribution in [1.82, 2.24) is 10.2 Å². The normalized spacial score (nSPS) is 15.2. The van der Waals surface area contributed by atoms with E-state index in [-0.39, 0.29) is 10.6 Å². The Morgan fingerprint density at radius 1 is 1.06 bits per heavy atom. The van der Waals surface area contributed by atoms with Crippen LogP contribution in [0.3, 0.4) is 0 Å². The highest BCUT2D eigenvalue weighted by atomic mass is 32.2. The monoisotopic (exact) mass is 497 g/mol. The van der Waals surface area contributed by atoms with E-state index >= 15 is 0 Å². The van der Waals surface area contributed by atoms with Crippen molar-refractivity contribution in [3.8, 4) is 0 Å². The highest BCUT2D eigenvalue weighted by Gasteiger charge is 2.33. The van der Waals surface area contributed by atoms with Gasteiger partial charge >= 0.3 is 6.18 Å². The number of carbonyl (C=O) groups excluding carboxylic acids is 1. The molecule has 0 spiro atoms. The van der Waals surface area contributed by atoms with Gasteiger partial charge in [-0.2, -0.15) is 13.2 Å². The number of alkyl halides is 3. The van der Waals surface area contributed by atoms with E-state index in [4.69, 9.17) is 0 Å². The summed E-state index contributed by atoms with van der Waals surface area (Å²) >= 11 is 0. The summed E-state index contributed by atoms with van der Waals surface area (Å²) in [5.41, 5.74) is -0.383. The molecule has 186 valence electrons. The van der Waals surface area contributed by atoms with E-state index in [9.17, 15) is 26.4 Å². The second kappa shape index (κ2) is 11.2. The molecule has 1 N–H and O–H groups in total. The van der Waals surface area contributed by atoms with Crippen LogP contribution in [0.4, 0.5) is 18.9 Å². The molecule has 1 amide bonds. The average molecular weight is 498 g/mol. The Labute approximate surface area is 198 Å². The van der Waals surface area contributed by atoms with Gasteiger partial charge in [-0.25, -0.2) is 8.42 Å². The van der Waals surface area contributed by atoms with Crippen LogP contribution in [-0.2, 0) is 21.0 Å². The Bertz CT molecular complexity index is 1070. The van der Waals surface area contributed by atoms with Gasteiger partial charge in [0.25, 0.3) is 10.0 Å². The van der Waals surface area contributed by atoms with Gasteiger partial charge in [0, 0.05) is 6.54 Å². The van der Waals surface area contributed by atoms with Gasteiger partial charge in [0.15, 0.2) is 0 Å². The molecule has 2 aromatic rings. The number of amides is 1. The van der Waals surface area contributed by atoms with E-state index in [0.29, 0.717) is 13.0 Å². The van der Waals surface area contributed by atoms with Crippen LogP contribution in [0.5, 0.6) is 0 Å². The van der Waals surface area contributed by atoms with Crippen LogP contribution < -0.4 is 9.62 Å². The van der Waals surface area contributed by atoms with Crippen LogP contribution in [0.25, 0.3) is 0 Å². The van der Waals surface area contributed by atoms with E-state index < -0.39 is 34.2 Å². The number of likely N-dealkylation sites (tertiary alicyclic amines) is 1. The second-order valence-corrected chi connectivity index (χ2v) is 10.3. The van der Waals surface area contributed by atoms with E-state index in [1.165, 1.54) is 24.6 Å². The van der Waals surface area contributed by atoms with Gasteiger partial charge in [-0.1, -0.05) is 30.2 Å². The molecule has 0 unspecified atom stereocenters. The smallest absolute Gasteiger partial charge is 0.354 e. The van der Waals surface area contributed by atoms with Gasteiger partial charge in [-0.15, -0.1) is 0 Å². The molecule has 1 aliphatic heterocycles. The summed E-state index contributed by atoms with van der Waals surface area (Å²) in [5, 5.41) is 2.71.